The van der Waals surface area contributed by atoms with Crippen LogP contribution in [0.3, 0.4) is 0 Å². The van der Waals surface area contributed by atoms with E-state index in [0.717, 1.165) is 13.1 Å². The number of carbonyl (C=O) groups is 2. The van der Waals surface area contributed by atoms with E-state index < -0.39 is 12.0 Å². The summed E-state index contributed by atoms with van der Waals surface area (Å²) in [5.41, 5.74) is 1.23. The Morgan fingerprint density at radius 3 is 2.74 bits per heavy atom. The molecular formula is C17H24N2O4. The van der Waals surface area contributed by atoms with Gasteiger partial charge in [-0.25, -0.2) is 4.79 Å². The molecule has 0 radical (unpaired) electrons. The van der Waals surface area contributed by atoms with Gasteiger partial charge in [-0.3, -0.25) is 9.69 Å². The minimum Gasteiger partial charge on any atom is -0.480 e. The summed E-state index contributed by atoms with van der Waals surface area (Å²) < 4.78 is 5.67. The summed E-state index contributed by atoms with van der Waals surface area (Å²) in [5.74, 6) is -1.21. The average Bonchev–Trinajstić information content (AvgIpc) is 2.54. The fourth-order valence-electron chi connectivity index (χ4n) is 2.61. The van der Waals surface area contributed by atoms with Crippen LogP contribution in [0.1, 0.15) is 18.9 Å². The highest BCUT2D eigenvalue weighted by atomic mass is 16.5. The van der Waals surface area contributed by atoms with E-state index >= 15 is 0 Å². The number of ether oxygens (including phenoxy) is 1. The largest absolute Gasteiger partial charge is 0.480 e. The van der Waals surface area contributed by atoms with E-state index in [2.05, 4.69) is 17.0 Å². The third-order valence-corrected chi connectivity index (χ3v) is 4.21. The maximum atomic E-state index is 12.2. The highest BCUT2D eigenvalue weighted by molar-refractivity contribution is 5.83. The number of carbonyl (C=O) groups excluding carboxylic acids is 1. The average molecular weight is 320 g/mol. The second-order valence-corrected chi connectivity index (χ2v) is 5.94. The Morgan fingerprint density at radius 1 is 1.39 bits per heavy atom. The lowest BCUT2D eigenvalue weighted by Gasteiger charge is -2.33. The first kappa shape index (κ1) is 17.4. The molecule has 0 bridgehead atoms. The summed E-state index contributed by atoms with van der Waals surface area (Å²) in [5, 5.41) is 8.98. The molecule has 1 amide bonds. The molecule has 126 valence electrons. The second-order valence-electron chi connectivity index (χ2n) is 5.94. The molecule has 1 fully saturated rings. The van der Waals surface area contributed by atoms with Crippen LogP contribution in [0.15, 0.2) is 30.3 Å². The Kier molecular flexibility index (Phi) is 6.12. The standard InChI is InChI=1S/C17H24N2O4/c1-13(17(21)22)18(2)16(20)10-15-12-19(8-9-23-15)11-14-6-4-3-5-7-14/h3-7,13,15H,8-12H2,1-2H3,(H,21,22)/t13-,15+/m0/s1. The van der Waals surface area contributed by atoms with Crippen LogP contribution in [-0.4, -0.2) is 65.7 Å². The molecule has 6 nitrogen and oxygen atoms in total. The number of rotatable bonds is 6. The molecule has 0 aliphatic carbocycles. The highest BCUT2D eigenvalue weighted by Crippen LogP contribution is 2.14. The summed E-state index contributed by atoms with van der Waals surface area (Å²) in [7, 11) is 1.52. The van der Waals surface area contributed by atoms with E-state index in [0.29, 0.717) is 13.2 Å². The van der Waals surface area contributed by atoms with Gasteiger partial charge in [-0.2, -0.15) is 0 Å². The zero-order valence-electron chi connectivity index (χ0n) is 13.6. The molecule has 2 atom stereocenters. The van der Waals surface area contributed by atoms with E-state index in [4.69, 9.17) is 9.84 Å². The molecule has 2 rings (SSSR count). The number of hydrogen-bond acceptors (Lipinski definition) is 4. The quantitative estimate of drug-likeness (QED) is 0.853. The van der Waals surface area contributed by atoms with E-state index in [1.54, 1.807) is 0 Å². The summed E-state index contributed by atoms with van der Waals surface area (Å²) >= 11 is 0. The minimum atomic E-state index is -1.00. The van der Waals surface area contributed by atoms with Gasteiger partial charge >= 0.3 is 5.97 Å². The van der Waals surface area contributed by atoms with Crippen LogP contribution in [0.25, 0.3) is 0 Å². The van der Waals surface area contributed by atoms with E-state index in [1.165, 1.54) is 24.4 Å². The lowest BCUT2D eigenvalue weighted by molar-refractivity contribution is -0.150. The molecular weight excluding hydrogens is 296 g/mol. The monoisotopic (exact) mass is 320 g/mol. The zero-order chi connectivity index (χ0) is 16.8. The van der Waals surface area contributed by atoms with E-state index in [-0.39, 0.29) is 18.4 Å². The maximum absolute atomic E-state index is 12.2. The van der Waals surface area contributed by atoms with Gasteiger partial charge in [0, 0.05) is 26.7 Å². The minimum absolute atomic E-state index is 0.191. The SMILES string of the molecule is C[C@@H](C(=O)O)N(C)C(=O)C[C@@H]1CN(Cc2ccccc2)CCO1. The third kappa shape index (κ3) is 5.04. The normalized spacial score (nSPS) is 20.0. The molecule has 1 aromatic rings. The molecule has 6 heteroatoms. The van der Waals surface area contributed by atoms with Crippen molar-refractivity contribution in [2.45, 2.75) is 32.0 Å². The molecule has 0 spiro atoms. The van der Waals surface area contributed by atoms with Gasteiger partial charge in [-0.05, 0) is 12.5 Å². The van der Waals surface area contributed by atoms with Crippen LogP contribution >= 0.6 is 0 Å². The van der Waals surface area contributed by atoms with Crippen molar-refractivity contribution < 1.29 is 19.4 Å². The number of morpholine rings is 1. The number of nitrogens with zero attached hydrogens (tertiary/aromatic N) is 2. The first-order chi connectivity index (χ1) is 11.0. The number of benzene rings is 1. The first-order valence-electron chi connectivity index (χ1n) is 7.83. The smallest absolute Gasteiger partial charge is 0.326 e. The number of hydrogen-bond donors (Lipinski definition) is 1. The third-order valence-electron chi connectivity index (χ3n) is 4.21. The van der Waals surface area contributed by atoms with Gasteiger partial charge in [-0.1, -0.05) is 30.3 Å². The Morgan fingerprint density at radius 2 is 2.09 bits per heavy atom. The lowest BCUT2D eigenvalue weighted by atomic mass is 10.1. The molecule has 0 saturated carbocycles. The molecule has 1 N–H and O–H groups in total. The van der Waals surface area contributed by atoms with Gasteiger partial charge in [0.05, 0.1) is 19.1 Å². The van der Waals surface area contributed by atoms with Crippen molar-refractivity contribution in [3.8, 4) is 0 Å². The Hall–Kier alpha value is -1.92. The van der Waals surface area contributed by atoms with Crippen molar-refractivity contribution in [1.29, 1.82) is 0 Å². The highest BCUT2D eigenvalue weighted by Gasteiger charge is 2.27. The first-order valence-corrected chi connectivity index (χ1v) is 7.83. The number of carboxylic acids is 1. The van der Waals surface area contributed by atoms with Gasteiger partial charge in [0.25, 0.3) is 0 Å². The summed E-state index contributed by atoms with van der Waals surface area (Å²) in [6.45, 7) is 4.43. The molecule has 1 aromatic carbocycles. The summed E-state index contributed by atoms with van der Waals surface area (Å²) in [6.07, 6.45) is 0.0165. The van der Waals surface area contributed by atoms with Crippen molar-refractivity contribution in [1.82, 2.24) is 9.80 Å². The maximum Gasteiger partial charge on any atom is 0.326 e. The second kappa shape index (κ2) is 8.08. The van der Waals surface area contributed by atoms with Crippen LogP contribution in [-0.2, 0) is 20.9 Å². The van der Waals surface area contributed by atoms with Gasteiger partial charge in [-0.15, -0.1) is 0 Å². The molecule has 1 aliphatic heterocycles. The Bertz CT molecular complexity index is 535. The fraction of sp³-hybridized carbons (Fsp3) is 0.529. The Labute approximate surface area is 136 Å². The molecule has 1 aliphatic rings. The number of amides is 1. The van der Waals surface area contributed by atoms with Gasteiger partial charge in [0.1, 0.15) is 6.04 Å². The van der Waals surface area contributed by atoms with Crippen LogP contribution in [0.4, 0.5) is 0 Å². The summed E-state index contributed by atoms with van der Waals surface area (Å²) in [4.78, 5) is 26.7. The predicted molar refractivity (Wildman–Crippen MR) is 85.9 cm³/mol. The van der Waals surface area contributed by atoms with Crippen LogP contribution in [0.5, 0.6) is 0 Å². The Balaban J connectivity index is 1.86. The van der Waals surface area contributed by atoms with Crippen LogP contribution in [0, 0.1) is 0 Å². The van der Waals surface area contributed by atoms with Crippen molar-refractivity contribution in [2.24, 2.45) is 0 Å². The summed E-state index contributed by atoms with van der Waals surface area (Å²) in [6, 6.07) is 9.35. The number of likely N-dealkylation sites (N-methyl/N-ethyl adjacent to an activating group) is 1. The topological polar surface area (TPSA) is 70.1 Å². The molecule has 23 heavy (non-hydrogen) atoms. The number of carboxylic acid groups (broad SMARTS) is 1. The zero-order valence-corrected chi connectivity index (χ0v) is 13.6. The van der Waals surface area contributed by atoms with Gasteiger partial charge < -0.3 is 14.7 Å². The van der Waals surface area contributed by atoms with Gasteiger partial charge in [0.2, 0.25) is 5.91 Å². The van der Waals surface area contributed by atoms with E-state index in [9.17, 15) is 9.59 Å². The van der Waals surface area contributed by atoms with Crippen LogP contribution in [0.2, 0.25) is 0 Å². The van der Waals surface area contributed by atoms with Crippen molar-refractivity contribution in [3.63, 3.8) is 0 Å². The molecule has 1 saturated heterocycles. The van der Waals surface area contributed by atoms with Crippen molar-refractivity contribution in [3.05, 3.63) is 35.9 Å². The van der Waals surface area contributed by atoms with Crippen LogP contribution < -0.4 is 0 Å². The molecule has 0 unspecified atom stereocenters. The van der Waals surface area contributed by atoms with Crippen molar-refractivity contribution >= 4 is 11.9 Å². The lowest BCUT2D eigenvalue weighted by Crippen LogP contribution is -2.46. The van der Waals surface area contributed by atoms with Crippen molar-refractivity contribution in [2.75, 3.05) is 26.7 Å². The van der Waals surface area contributed by atoms with E-state index in [1.807, 2.05) is 18.2 Å². The predicted octanol–water partition coefficient (Wildman–Crippen LogP) is 1.21. The van der Waals surface area contributed by atoms with Gasteiger partial charge in [0.15, 0.2) is 0 Å². The molecule has 0 aromatic heterocycles. The number of aliphatic carboxylic acids is 1. The fourth-order valence-corrected chi connectivity index (χ4v) is 2.61. The molecule has 1 heterocycles.